The van der Waals surface area contributed by atoms with Gasteiger partial charge in [-0.3, -0.25) is 10.2 Å². The van der Waals surface area contributed by atoms with Gasteiger partial charge in [-0.1, -0.05) is 41.6 Å². The lowest BCUT2D eigenvalue weighted by molar-refractivity contribution is -0.140. The highest BCUT2D eigenvalue weighted by Gasteiger charge is 2.48. The molecule has 1 aromatic heterocycles. The Hall–Kier alpha value is -4.98. The summed E-state index contributed by atoms with van der Waals surface area (Å²) in [4.78, 5) is 19.3. The molecule has 0 aliphatic carbocycles. The SMILES string of the molecule is CS(=O)(=O)c1ccccc1-c1ccc(NC(=O)C2(Cn3cnnn3)CC(c3cccc(C(=N)N)c3)=NO2)cc1F. The van der Waals surface area contributed by atoms with Crippen LogP contribution in [0.25, 0.3) is 11.1 Å². The molecule has 14 heteroatoms. The summed E-state index contributed by atoms with van der Waals surface area (Å²) in [6.07, 6.45) is 2.39. The van der Waals surface area contributed by atoms with E-state index in [9.17, 15) is 13.2 Å². The molecule has 40 heavy (non-hydrogen) atoms. The summed E-state index contributed by atoms with van der Waals surface area (Å²) < 4.78 is 41.0. The Labute approximate surface area is 228 Å². The van der Waals surface area contributed by atoms with Crippen molar-refractivity contribution < 1.29 is 22.4 Å². The molecule has 3 aromatic carbocycles. The number of benzene rings is 3. The monoisotopic (exact) mass is 562 g/mol. The van der Waals surface area contributed by atoms with Crippen LogP contribution in [0.2, 0.25) is 0 Å². The minimum Gasteiger partial charge on any atom is -0.384 e. The van der Waals surface area contributed by atoms with Gasteiger partial charge in [-0.2, -0.15) is 0 Å². The number of sulfone groups is 1. The second-order valence-corrected chi connectivity index (χ2v) is 11.2. The average molecular weight is 563 g/mol. The fraction of sp³-hybridized carbons (Fsp3) is 0.154. The molecule has 0 fully saturated rings. The molecule has 4 N–H and O–H groups in total. The van der Waals surface area contributed by atoms with Gasteiger partial charge in [0, 0.05) is 40.6 Å². The number of oxime groups is 1. The molecular weight excluding hydrogens is 539 g/mol. The standard InChI is InChI=1S/C26H23FN8O4S/c1-40(37,38)23-8-3-2-7-20(23)19-10-9-18(12-21(19)27)31-25(36)26(14-35-15-30-33-34-35)13-22(32-39-26)16-5-4-6-17(11-16)24(28)29/h2-12,15H,13-14H2,1H3,(H3,28,29)(H,31,36). The van der Waals surface area contributed by atoms with Crippen LogP contribution in [0.3, 0.4) is 0 Å². The van der Waals surface area contributed by atoms with Crippen molar-refractivity contribution in [3.05, 3.63) is 90.0 Å². The number of hydrogen-bond acceptors (Lipinski definition) is 9. The minimum absolute atomic E-state index is 0.0102. The zero-order chi connectivity index (χ0) is 28.5. The molecule has 1 amide bonds. The number of halogens is 1. The number of amides is 1. The Morgan fingerprint density at radius 3 is 2.65 bits per heavy atom. The summed E-state index contributed by atoms with van der Waals surface area (Å²) in [5.74, 6) is -1.48. The first-order valence-electron chi connectivity index (χ1n) is 11.9. The molecule has 12 nitrogen and oxygen atoms in total. The Balaban J connectivity index is 1.43. The number of nitrogen functional groups attached to an aromatic ring is 1. The van der Waals surface area contributed by atoms with Crippen LogP contribution in [-0.4, -0.2) is 57.9 Å². The van der Waals surface area contributed by atoms with E-state index in [4.69, 9.17) is 16.0 Å². The van der Waals surface area contributed by atoms with E-state index in [-0.39, 0.29) is 40.5 Å². The normalized spacial score (nSPS) is 16.7. The van der Waals surface area contributed by atoms with E-state index < -0.39 is 27.2 Å². The Morgan fingerprint density at radius 2 is 1.95 bits per heavy atom. The topological polar surface area (TPSA) is 178 Å². The van der Waals surface area contributed by atoms with E-state index in [2.05, 4.69) is 26.0 Å². The molecule has 0 radical (unpaired) electrons. The first kappa shape index (κ1) is 26.6. The smallest absolute Gasteiger partial charge is 0.273 e. The molecule has 1 aliphatic heterocycles. The van der Waals surface area contributed by atoms with E-state index >= 15 is 4.39 Å². The van der Waals surface area contributed by atoms with Crippen molar-refractivity contribution in [3.8, 4) is 11.1 Å². The third-order valence-corrected chi connectivity index (χ3v) is 7.47. The van der Waals surface area contributed by atoms with E-state index in [1.807, 2.05) is 0 Å². The molecule has 5 rings (SSSR count). The molecule has 0 bridgehead atoms. The fourth-order valence-corrected chi connectivity index (χ4v) is 5.26. The number of aromatic nitrogens is 4. The predicted molar refractivity (Wildman–Crippen MR) is 144 cm³/mol. The van der Waals surface area contributed by atoms with Crippen molar-refractivity contribution in [2.45, 2.75) is 23.5 Å². The van der Waals surface area contributed by atoms with Gasteiger partial charge in [0.15, 0.2) is 9.84 Å². The summed E-state index contributed by atoms with van der Waals surface area (Å²) in [5, 5.41) is 25.5. The molecule has 0 saturated heterocycles. The maximum absolute atomic E-state index is 15.3. The van der Waals surface area contributed by atoms with Crippen molar-refractivity contribution in [1.82, 2.24) is 20.2 Å². The van der Waals surface area contributed by atoms with E-state index in [0.717, 1.165) is 12.3 Å². The van der Waals surface area contributed by atoms with Gasteiger partial charge in [-0.05, 0) is 40.8 Å². The van der Waals surface area contributed by atoms with Gasteiger partial charge in [0.1, 0.15) is 18.0 Å². The Bertz CT molecular complexity index is 1760. The highest BCUT2D eigenvalue weighted by atomic mass is 32.2. The maximum atomic E-state index is 15.3. The molecule has 4 aromatic rings. The second kappa shape index (κ2) is 10.3. The second-order valence-electron chi connectivity index (χ2n) is 9.22. The number of nitrogens with two attached hydrogens (primary N) is 1. The van der Waals surface area contributed by atoms with Crippen LogP contribution in [0.1, 0.15) is 17.5 Å². The van der Waals surface area contributed by atoms with Gasteiger partial charge in [-0.15, -0.1) is 5.10 Å². The van der Waals surface area contributed by atoms with Crippen LogP contribution in [0, 0.1) is 11.2 Å². The number of nitrogens with zero attached hydrogens (tertiary/aromatic N) is 5. The van der Waals surface area contributed by atoms with Gasteiger partial charge in [0.25, 0.3) is 5.91 Å². The van der Waals surface area contributed by atoms with Crippen LogP contribution in [0.15, 0.2) is 83.1 Å². The van der Waals surface area contributed by atoms with Crippen LogP contribution in [0.4, 0.5) is 10.1 Å². The van der Waals surface area contributed by atoms with E-state index in [1.165, 1.54) is 35.3 Å². The number of nitrogens with one attached hydrogen (secondary N) is 2. The van der Waals surface area contributed by atoms with Gasteiger partial charge < -0.3 is 15.9 Å². The van der Waals surface area contributed by atoms with Crippen molar-refractivity contribution in [1.29, 1.82) is 5.41 Å². The first-order chi connectivity index (χ1) is 19.1. The predicted octanol–water partition coefficient (Wildman–Crippen LogP) is 2.37. The van der Waals surface area contributed by atoms with Gasteiger partial charge in [0.05, 0.1) is 17.2 Å². The lowest BCUT2D eigenvalue weighted by Crippen LogP contribution is -2.47. The number of carbonyl (C=O) groups excluding carboxylic acids is 1. The van der Waals surface area contributed by atoms with Crippen LogP contribution in [0.5, 0.6) is 0 Å². The molecule has 1 unspecified atom stereocenters. The van der Waals surface area contributed by atoms with Crippen molar-refractivity contribution in [3.63, 3.8) is 0 Å². The highest BCUT2D eigenvalue weighted by Crippen LogP contribution is 2.33. The fourth-order valence-electron chi connectivity index (χ4n) is 4.36. The Kier molecular flexibility index (Phi) is 6.85. The third-order valence-electron chi connectivity index (χ3n) is 6.32. The summed E-state index contributed by atoms with van der Waals surface area (Å²) >= 11 is 0. The summed E-state index contributed by atoms with van der Waals surface area (Å²) in [5.41, 5.74) is 5.94. The van der Waals surface area contributed by atoms with Gasteiger partial charge >= 0.3 is 0 Å². The van der Waals surface area contributed by atoms with Gasteiger partial charge in [0.2, 0.25) is 5.60 Å². The number of rotatable bonds is 8. The third kappa shape index (κ3) is 5.29. The van der Waals surface area contributed by atoms with Gasteiger partial charge in [-0.25, -0.2) is 17.5 Å². The summed E-state index contributed by atoms with van der Waals surface area (Å²) in [6, 6.07) is 16.9. The van der Waals surface area contributed by atoms with E-state index in [1.54, 1.807) is 36.4 Å². The summed E-state index contributed by atoms with van der Waals surface area (Å²) in [7, 11) is -3.61. The number of tetrazole rings is 1. The molecule has 0 saturated carbocycles. The van der Waals surface area contributed by atoms with Crippen LogP contribution in [-0.2, 0) is 26.0 Å². The van der Waals surface area contributed by atoms with Crippen LogP contribution >= 0.6 is 0 Å². The highest BCUT2D eigenvalue weighted by molar-refractivity contribution is 7.90. The Morgan fingerprint density at radius 1 is 1.15 bits per heavy atom. The van der Waals surface area contributed by atoms with Crippen molar-refractivity contribution >= 4 is 33.0 Å². The zero-order valence-corrected chi connectivity index (χ0v) is 21.9. The minimum atomic E-state index is -3.61. The molecule has 0 spiro atoms. The lowest BCUT2D eigenvalue weighted by Gasteiger charge is -2.25. The maximum Gasteiger partial charge on any atom is 0.273 e. The molecule has 1 atom stereocenters. The first-order valence-corrected chi connectivity index (χ1v) is 13.8. The van der Waals surface area contributed by atoms with E-state index in [0.29, 0.717) is 16.8 Å². The number of carbonyl (C=O) groups is 1. The summed E-state index contributed by atoms with van der Waals surface area (Å²) in [6.45, 7) is -0.104. The molecule has 1 aliphatic rings. The largest absolute Gasteiger partial charge is 0.384 e. The van der Waals surface area contributed by atoms with Crippen LogP contribution < -0.4 is 11.1 Å². The van der Waals surface area contributed by atoms with Crippen molar-refractivity contribution in [2.75, 3.05) is 11.6 Å². The number of amidine groups is 1. The number of anilines is 1. The van der Waals surface area contributed by atoms with Crippen molar-refractivity contribution in [2.24, 2.45) is 10.9 Å². The molecular formula is C26H23FN8O4S. The zero-order valence-electron chi connectivity index (χ0n) is 21.1. The average Bonchev–Trinajstić information content (AvgIpc) is 3.59. The molecule has 2 heterocycles. The number of hydrogen-bond donors (Lipinski definition) is 3. The lowest BCUT2D eigenvalue weighted by atomic mass is 9.92. The quantitative estimate of drug-likeness (QED) is 0.216. The molecule has 204 valence electrons.